The largest absolute Gasteiger partial charge is 0.465 e. The maximum Gasteiger partial charge on any atom is 0.314 e. The van der Waals surface area contributed by atoms with Gasteiger partial charge in [0.25, 0.3) is 0 Å². The van der Waals surface area contributed by atoms with Gasteiger partial charge >= 0.3 is 5.97 Å². The Morgan fingerprint density at radius 1 is 1.11 bits per heavy atom. The summed E-state index contributed by atoms with van der Waals surface area (Å²) in [5, 5.41) is 0. The van der Waals surface area contributed by atoms with Gasteiger partial charge in [-0.1, -0.05) is 36.8 Å². The van der Waals surface area contributed by atoms with E-state index in [0.717, 1.165) is 37.9 Å². The van der Waals surface area contributed by atoms with Gasteiger partial charge in [0, 0.05) is 12.1 Å². The number of hydrogen-bond acceptors (Lipinski definition) is 4. The van der Waals surface area contributed by atoms with Crippen LogP contribution in [0.5, 0.6) is 0 Å². The number of likely N-dealkylation sites (tertiary alicyclic amines) is 1. The van der Waals surface area contributed by atoms with Crippen molar-refractivity contribution in [3.63, 3.8) is 0 Å². The number of esters is 1. The van der Waals surface area contributed by atoms with E-state index in [9.17, 15) is 9.59 Å². The van der Waals surface area contributed by atoms with Crippen LogP contribution >= 0.6 is 0 Å². The Morgan fingerprint density at radius 2 is 1.86 bits per heavy atom. The Morgan fingerprint density at radius 3 is 2.57 bits per heavy atom. The molecule has 0 unspecified atom stereocenters. The number of carbonyl (C=O) groups excluding carboxylic acids is 2. The van der Waals surface area contributed by atoms with Crippen molar-refractivity contribution in [2.75, 3.05) is 26.2 Å². The van der Waals surface area contributed by atoms with E-state index in [1.165, 1.54) is 19.3 Å². The zero-order valence-corrected chi connectivity index (χ0v) is 16.9. The first-order chi connectivity index (χ1) is 13.6. The summed E-state index contributed by atoms with van der Waals surface area (Å²) in [5.74, 6) is 0.0791. The zero-order chi connectivity index (χ0) is 19.6. The smallest absolute Gasteiger partial charge is 0.314 e. The molecule has 3 aliphatic rings. The maximum atomic E-state index is 13.2. The standard InChI is InChI=1S/C23H32N2O3/c1-2-28-22(27)23(15-18-9-5-3-6-10-18)16-19-11-12-20(23)25(19)21(26)17-24-13-7-4-8-14-24/h3,5-6,9-10,19-20H,2,4,7-8,11-17H2,1H3/t19-,20+,23+/m1/s1. The summed E-state index contributed by atoms with van der Waals surface area (Å²) < 4.78 is 5.54. The van der Waals surface area contributed by atoms with Crippen LogP contribution in [-0.4, -0.2) is 60.0 Å². The SMILES string of the molecule is CCOC(=O)[C@@]1(Cc2ccccc2)C[C@H]2CC[C@@H]1N2C(=O)CN1CCCCC1. The number of nitrogens with zero attached hydrogens (tertiary/aromatic N) is 2. The van der Waals surface area contributed by atoms with Crippen molar-refractivity contribution in [2.45, 2.75) is 64.0 Å². The first-order valence-corrected chi connectivity index (χ1v) is 10.9. The first kappa shape index (κ1) is 19.4. The Hall–Kier alpha value is -1.88. The van der Waals surface area contributed by atoms with Gasteiger partial charge in [0.1, 0.15) is 0 Å². The number of rotatable bonds is 6. The van der Waals surface area contributed by atoms with E-state index in [1.807, 2.05) is 25.1 Å². The third kappa shape index (κ3) is 3.57. The van der Waals surface area contributed by atoms with E-state index >= 15 is 0 Å². The van der Waals surface area contributed by atoms with Gasteiger partial charge in [-0.2, -0.15) is 0 Å². The van der Waals surface area contributed by atoms with Crippen molar-refractivity contribution >= 4 is 11.9 Å². The lowest BCUT2D eigenvalue weighted by Crippen LogP contribution is -2.49. The topological polar surface area (TPSA) is 49.9 Å². The fraction of sp³-hybridized carbons (Fsp3) is 0.652. The summed E-state index contributed by atoms with van der Waals surface area (Å²) in [4.78, 5) is 30.7. The second-order valence-electron chi connectivity index (χ2n) is 8.63. The number of amides is 1. The van der Waals surface area contributed by atoms with Gasteiger partial charge in [-0.05, 0) is 64.1 Å². The molecule has 5 nitrogen and oxygen atoms in total. The Labute approximate surface area is 168 Å². The maximum absolute atomic E-state index is 13.2. The molecule has 5 heteroatoms. The quantitative estimate of drug-likeness (QED) is 0.708. The Kier molecular flexibility index (Phi) is 5.72. The number of fused-ring (bicyclic) bond motifs is 2. The highest BCUT2D eigenvalue weighted by atomic mass is 16.5. The molecule has 4 rings (SSSR count). The van der Waals surface area contributed by atoms with Crippen LogP contribution in [0.1, 0.15) is 51.0 Å². The summed E-state index contributed by atoms with van der Waals surface area (Å²) in [6.07, 6.45) is 6.93. The van der Waals surface area contributed by atoms with E-state index < -0.39 is 5.41 Å². The highest BCUT2D eigenvalue weighted by Gasteiger charge is 2.61. The molecule has 0 N–H and O–H groups in total. The first-order valence-electron chi connectivity index (χ1n) is 10.9. The molecule has 3 atom stereocenters. The molecule has 2 bridgehead atoms. The predicted octanol–water partition coefficient (Wildman–Crippen LogP) is 3.03. The lowest BCUT2D eigenvalue weighted by Gasteiger charge is -2.36. The minimum Gasteiger partial charge on any atom is -0.465 e. The highest BCUT2D eigenvalue weighted by Crippen LogP contribution is 2.52. The van der Waals surface area contributed by atoms with Crippen LogP contribution in [0.3, 0.4) is 0 Å². The van der Waals surface area contributed by atoms with Crippen molar-refractivity contribution in [2.24, 2.45) is 5.41 Å². The van der Waals surface area contributed by atoms with E-state index in [-0.39, 0.29) is 24.0 Å². The fourth-order valence-corrected chi connectivity index (χ4v) is 5.67. The Balaban J connectivity index is 1.56. The summed E-state index contributed by atoms with van der Waals surface area (Å²) >= 11 is 0. The van der Waals surface area contributed by atoms with Gasteiger partial charge in [0.2, 0.25) is 5.91 Å². The molecule has 152 valence electrons. The molecular weight excluding hydrogens is 352 g/mol. The molecule has 28 heavy (non-hydrogen) atoms. The van der Waals surface area contributed by atoms with Gasteiger partial charge in [-0.15, -0.1) is 0 Å². The molecule has 3 fully saturated rings. The number of piperidine rings is 1. The molecule has 0 radical (unpaired) electrons. The molecule has 0 aliphatic carbocycles. The van der Waals surface area contributed by atoms with Crippen molar-refractivity contribution in [1.82, 2.24) is 9.80 Å². The normalized spacial score (nSPS) is 29.8. The number of carbonyl (C=O) groups is 2. The van der Waals surface area contributed by atoms with Gasteiger partial charge < -0.3 is 9.64 Å². The monoisotopic (exact) mass is 384 g/mol. The fourth-order valence-electron chi connectivity index (χ4n) is 5.67. The van der Waals surface area contributed by atoms with E-state index in [0.29, 0.717) is 19.6 Å². The number of ether oxygens (including phenoxy) is 1. The molecule has 0 aromatic heterocycles. The van der Waals surface area contributed by atoms with Crippen molar-refractivity contribution in [1.29, 1.82) is 0 Å². The molecule has 1 amide bonds. The predicted molar refractivity (Wildman–Crippen MR) is 108 cm³/mol. The van der Waals surface area contributed by atoms with Gasteiger partial charge in [-0.3, -0.25) is 14.5 Å². The lowest BCUT2D eigenvalue weighted by atomic mass is 9.70. The summed E-state index contributed by atoms with van der Waals surface area (Å²) in [6, 6.07) is 10.3. The molecular formula is C23H32N2O3. The zero-order valence-electron chi connectivity index (χ0n) is 16.9. The number of hydrogen-bond donors (Lipinski definition) is 0. The average Bonchev–Trinajstić information content (AvgIpc) is 3.26. The second-order valence-corrected chi connectivity index (χ2v) is 8.63. The minimum absolute atomic E-state index is 0.0333. The molecule has 3 saturated heterocycles. The third-order valence-electron chi connectivity index (χ3n) is 6.88. The van der Waals surface area contributed by atoms with Gasteiger partial charge in [-0.25, -0.2) is 0 Å². The van der Waals surface area contributed by atoms with Crippen molar-refractivity contribution in [3.8, 4) is 0 Å². The molecule has 0 saturated carbocycles. The minimum atomic E-state index is -0.599. The molecule has 0 spiro atoms. The van der Waals surface area contributed by atoms with E-state index in [4.69, 9.17) is 4.74 Å². The van der Waals surface area contributed by atoms with Crippen LogP contribution < -0.4 is 0 Å². The molecule has 1 aromatic carbocycles. The second kappa shape index (κ2) is 8.24. The van der Waals surface area contributed by atoms with Crippen LogP contribution in [0, 0.1) is 5.41 Å². The summed E-state index contributed by atoms with van der Waals surface area (Å²) in [7, 11) is 0. The molecule has 1 aromatic rings. The van der Waals surface area contributed by atoms with Crippen LogP contribution in [0.25, 0.3) is 0 Å². The molecule has 3 aliphatic heterocycles. The van der Waals surface area contributed by atoms with E-state index in [1.54, 1.807) is 0 Å². The molecule has 3 heterocycles. The van der Waals surface area contributed by atoms with Crippen molar-refractivity contribution in [3.05, 3.63) is 35.9 Å². The lowest BCUT2D eigenvalue weighted by molar-refractivity contribution is -0.158. The van der Waals surface area contributed by atoms with Crippen LogP contribution in [0.2, 0.25) is 0 Å². The summed E-state index contributed by atoms with van der Waals surface area (Å²) in [5.41, 5.74) is 0.546. The van der Waals surface area contributed by atoms with Crippen LogP contribution in [-0.2, 0) is 20.7 Å². The summed E-state index contributed by atoms with van der Waals surface area (Å²) in [6.45, 7) is 4.77. The third-order valence-corrected chi connectivity index (χ3v) is 6.88. The highest BCUT2D eigenvalue weighted by molar-refractivity contribution is 5.85. The average molecular weight is 385 g/mol. The number of benzene rings is 1. The Bertz CT molecular complexity index is 701. The van der Waals surface area contributed by atoms with Gasteiger partial charge in [0.15, 0.2) is 0 Å². The van der Waals surface area contributed by atoms with Crippen molar-refractivity contribution < 1.29 is 14.3 Å². The van der Waals surface area contributed by atoms with Crippen LogP contribution in [0.4, 0.5) is 0 Å². The van der Waals surface area contributed by atoms with Crippen LogP contribution in [0.15, 0.2) is 30.3 Å². The van der Waals surface area contributed by atoms with E-state index in [2.05, 4.69) is 21.9 Å². The van der Waals surface area contributed by atoms with Gasteiger partial charge in [0.05, 0.1) is 18.6 Å².